The summed E-state index contributed by atoms with van der Waals surface area (Å²) in [4.78, 5) is 24.7. The van der Waals surface area contributed by atoms with Crippen molar-refractivity contribution in [2.75, 3.05) is 26.0 Å². The van der Waals surface area contributed by atoms with Crippen LogP contribution in [-0.2, 0) is 28.2 Å². The lowest BCUT2D eigenvalue weighted by molar-refractivity contribution is -0.159. The maximum absolute atomic E-state index is 12.6. The minimum absolute atomic E-state index is 0.0709. The van der Waals surface area contributed by atoms with Gasteiger partial charge in [0.25, 0.3) is 0 Å². The molecule has 0 heterocycles. The molecule has 0 fully saturated rings. The Morgan fingerprint density at radius 3 is 1.91 bits per heavy atom. The summed E-state index contributed by atoms with van der Waals surface area (Å²) in [5, 5.41) is 0. The van der Waals surface area contributed by atoms with Gasteiger partial charge >= 0.3 is 11.9 Å². The zero-order valence-electron chi connectivity index (χ0n) is 21.6. The molecule has 0 aromatic heterocycles. The third-order valence-corrected chi connectivity index (χ3v) is 7.06. The van der Waals surface area contributed by atoms with Crippen molar-refractivity contribution >= 4 is 19.3 Å². The standard InChI is InChI=1S/C25H49O6P/c1-7-9-10-11-12-13-14-15-16-17-20-29-23(26)19-18-22(21-32(6,28)30-8-2)24(27)31-25(3,4)5/h22H,7-21H2,1-6H3. The first-order valence-corrected chi connectivity index (χ1v) is 14.9. The zero-order valence-corrected chi connectivity index (χ0v) is 22.5. The van der Waals surface area contributed by atoms with Gasteiger partial charge in [-0.3, -0.25) is 14.2 Å². The summed E-state index contributed by atoms with van der Waals surface area (Å²) in [6, 6.07) is 0. The van der Waals surface area contributed by atoms with E-state index in [2.05, 4.69) is 6.92 Å². The van der Waals surface area contributed by atoms with Crippen molar-refractivity contribution in [1.29, 1.82) is 0 Å². The van der Waals surface area contributed by atoms with Crippen LogP contribution < -0.4 is 0 Å². The Labute approximate surface area is 197 Å². The molecule has 0 rings (SSSR count). The molecule has 6 nitrogen and oxygen atoms in total. The number of unbranched alkanes of at least 4 members (excludes halogenated alkanes) is 9. The summed E-state index contributed by atoms with van der Waals surface area (Å²) in [7, 11) is -2.93. The van der Waals surface area contributed by atoms with E-state index >= 15 is 0 Å². The summed E-state index contributed by atoms with van der Waals surface area (Å²) in [5.41, 5.74) is -0.644. The Morgan fingerprint density at radius 2 is 1.41 bits per heavy atom. The van der Waals surface area contributed by atoms with Gasteiger partial charge in [0.1, 0.15) is 5.60 Å². The largest absolute Gasteiger partial charge is 0.466 e. The third kappa shape index (κ3) is 18.7. The zero-order chi connectivity index (χ0) is 24.5. The summed E-state index contributed by atoms with van der Waals surface area (Å²) in [6.45, 7) is 11.6. The number of hydrogen-bond donors (Lipinski definition) is 0. The van der Waals surface area contributed by atoms with E-state index in [1.54, 1.807) is 27.7 Å². The van der Waals surface area contributed by atoms with Crippen molar-refractivity contribution in [3.05, 3.63) is 0 Å². The summed E-state index contributed by atoms with van der Waals surface area (Å²) in [6.07, 6.45) is 12.7. The monoisotopic (exact) mass is 476 g/mol. The molecule has 32 heavy (non-hydrogen) atoms. The van der Waals surface area contributed by atoms with Crippen molar-refractivity contribution in [2.45, 2.75) is 117 Å². The summed E-state index contributed by atoms with van der Waals surface area (Å²) in [5.74, 6) is -1.42. The van der Waals surface area contributed by atoms with Crippen molar-refractivity contribution in [1.82, 2.24) is 0 Å². The molecule has 0 spiro atoms. The molecular weight excluding hydrogens is 427 g/mol. The smallest absolute Gasteiger partial charge is 0.310 e. The lowest BCUT2D eigenvalue weighted by Gasteiger charge is -2.25. The molecule has 0 aliphatic heterocycles. The van der Waals surface area contributed by atoms with E-state index < -0.39 is 24.9 Å². The van der Waals surface area contributed by atoms with Crippen LogP contribution in [-0.4, -0.2) is 43.6 Å². The number of hydrogen-bond acceptors (Lipinski definition) is 6. The van der Waals surface area contributed by atoms with Crippen molar-refractivity contribution in [2.24, 2.45) is 5.92 Å². The van der Waals surface area contributed by atoms with E-state index in [-0.39, 0.29) is 25.0 Å². The van der Waals surface area contributed by atoms with Gasteiger partial charge in [-0.15, -0.1) is 0 Å². The van der Waals surface area contributed by atoms with E-state index in [1.165, 1.54) is 58.0 Å². The highest BCUT2D eigenvalue weighted by molar-refractivity contribution is 7.58. The van der Waals surface area contributed by atoms with Gasteiger partial charge in [-0.25, -0.2) is 0 Å². The van der Waals surface area contributed by atoms with Crippen LogP contribution in [0.5, 0.6) is 0 Å². The van der Waals surface area contributed by atoms with Crippen LogP contribution in [0.1, 0.15) is 112 Å². The Hall–Kier alpha value is -0.870. The SMILES string of the molecule is CCCCCCCCCCCCOC(=O)CCC(CP(C)(=O)OCC)C(=O)OC(C)(C)C. The van der Waals surface area contributed by atoms with Crippen LogP contribution >= 0.6 is 7.37 Å². The molecule has 0 saturated carbocycles. The van der Waals surface area contributed by atoms with Crippen molar-refractivity contribution in [3.63, 3.8) is 0 Å². The normalized spacial score (nSPS) is 14.6. The number of esters is 2. The first-order chi connectivity index (χ1) is 15.0. The van der Waals surface area contributed by atoms with Crippen LogP contribution in [0.25, 0.3) is 0 Å². The second-order valence-electron chi connectivity index (χ2n) is 9.79. The summed E-state index contributed by atoms with van der Waals surface area (Å²) >= 11 is 0. The van der Waals surface area contributed by atoms with Gasteiger partial charge in [-0.05, 0) is 40.5 Å². The van der Waals surface area contributed by atoms with Gasteiger partial charge in [0.15, 0.2) is 0 Å². The third-order valence-electron chi connectivity index (χ3n) is 5.15. The summed E-state index contributed by atoms with van der Waals surface area (Å²) < 4.78 is 28.7. The highest BCUT2D eigenvalue weighted by Gasteiger charge is 2.31. The second-order valence-corrected chi connectivity index (χ2v) is 12.4. The predicted octanol–water partition coefficient (Wildman–Crippen LogP) is 7.13. The Kier molecular flexibility index (Phi) is 17.1. The van der Waals surface area contributed by atoms with Gasteiger partial charge in [-0.1, -0.05) is 64.7 Å². The van der Waals surface area contributed by atoms with E-state index in [4.69, 9.17) is 14.0 Å². The molecule has 2 atom stereocenters. The minimum atomic E-state index is -2.93. The molecule has 0 N–H and O–H groups in total. The molecule has 0 aliphatic rings. The highest BCUT2D eigenvalue weighted by Crippen LogP contribution is 2.45. The lowest BCUT2D eigenvalue weighted by Crippen LogP contribution is -2.31. The first-order valence-electron chi connectivity index (χ1n) is 12.6. The van der Waals surface area contributed by atoms with Crippen molar-refractivity contribution in [3.8, 4) is 0 Å². The molecule has 0 saturated heterocycles. The van der Waals surface area contributed by atoms with Crippen LogP contribution in [0, 0.1) is 5.92 Å². The average Bonchev–Trinajstić information content (AvgIpc) is 2.67. The van der Waals surface area contributed by atoms with Gasteiger partial charge in [0, 0.05) is 19.2 Å². The van der Waals surface area contributed by atoms with Crippen LogP contribution in [0.4, 0.5) is 0 Å². The minimum Gasteiger partial charge on any atom is -0.466 e. The van der Waals surface area contributed by atoms with E-state index in [0.717, 1.165) is 12.8 Å². The maximum Gasteiger partial charge on any atom is 0.310 e. The topological polar surface area (TPSA) is 78.9 Å². The fourth-order valence-electron chi connectivity index (χ4n) is 3.53. The Balaban J connectivity index is 4.20. The van der Waals surface area contributed by atoms with Crippen LogP contribution in [0.3, 0.4) is 0 Å². The number of ether oxygens (including phenoxy) is 2. The van der Waals surface area contributed by atoms with E-state index in [0.29, 0.717) is 13.2 Å². The molecule has 190 valence electrons. The van der Waals surface area contributed by atoms with Gasteiger partial charge in [-0.2, -0.15) is 0 Å². The fraction of sp³-hybridized carbons (Fsp3) is 0.920. The molecule has 0 bridgehead atoms. The molecule has 0 radical (unpaired) electrons. The number of carbonyl (C=O) groups excluding carboxylic acids is 2. The molecule has 0 aromatic rings. The maximum atomic E-state index is 12.6. The first kappa shape index (κ1) is 31.1. The van der Waals surface area contributed by atoms with Crippen molar-refractivity contribution < 1.29 is 28.2 Å². The van der Waals surface area contributed by atoms with E-state index in [1.807, 2.05) is 0 Å². The van der Waals surface area contributed by atoms with Crippen LogP contribution in [0.15, 0.2) is 0 Å². The molecule has 0 aliphatic carbocycles. The fourth-order valence-corrected chi connectivity index (χ4v) is 5.32. The Morgan fingerprint density at radius 1 is 0.875 bits per heavy atom. The number of rotatable bonds is 19. The second kappa shape index (κ2) is 17.6. The molecule has 0 aromatic carbocycles. The predicted molar refractivity (Wildman–Crippen MR) is 131 cm³/mol. The molecule has 7 heteroatoms. The van der Waals surface area contributed by atoms with Gasteiger partial charge in [0.05, 0.1) is 19.1 Å². The number of carbonyl (C=O) groups is 2. The Bertz CT molecular complexity index is 555. The molecule has 2 unspecified atom stereocenters. The van der Waals surface area contributed by atoms with Crippen LogP contribution in [0.2, 0.25) is 0 Å². The highest BCUT2D eigenvalue weighted by atomic mass is 31.2. The lowest BCUT2D eigenvalue weighted by atomic mass is 10.1. The average molecular weight is 477 g/mol. The van der Waals surface area contributed by atoms with E-state index in [9.17, 15) is 14.2 Å². The molecular formula is C25H49O6P. The quantitative estimate of drug-likeness (QED) is 0.112. The van der Waals surface area contributed by atoms with Gasteiger partial charge < -0.3 is 14.0 Å². The molecule has 0 amide bonds. The van der Waals surface area contributed by atoms with Gasteiger partial charge in [0.2, 0.25) is 7.37 Å².